The van der Waals surface area contributed by atoms with Gasteiger partial charge in [0.1, 0.15) is 29.4 Å². The van der Waals surface area contributed by atoms with Gasteiger partial charge >= 0.3 is 5.97 Å². The molecule has 0 radical (unpaired) electrons. The number of carbonyl (C=O) groups is 1. The van der Waals surface area contributed by atoms with E-state index >= 15 is 0 Å². The van der Waals surface area contributed by atoms with Crippen molar-refractivity contribution in [3.05, 3.63) is 45.3 Å². The summed E-state index contributed by atoms with van der Waals surface area (Å²) in [6.07, 6.45) is 0. The van der Waals surface area contributed by atoms with Crippen molar-refractivity contribution in [3.8, 4) is 5.75 Å². The lowest BCUT2D eigenvalue weighted by atomic mass is 10.1. The standard InChI is InChI=1S/C13H12BrNO4/c1-7-3-9(14)5-11(13(16)17)12(7)18-6-10-4-8(2)19-15-10/h3-5H,6H2,1-2H3,(H,16,17). The molecule has 0 spiro atoms. The summed E-state index contributed by atoms with van der Waals surface area (Å²) in [5.41, 5.74) is 1.48. The maximum atomic E-state index is 11.2. The first-order valence-corrected chi connectivity index (χ1v) is 6.35. The van der Waals surface area contributed by atoms with Gasteiger partial charge in [0.05, 0.1) is 0 Å². The van der Waals surface area contributed by atoms with Crippen LogP contribution in [0.5, 0.6) is 5.75 Å². The summed E-state index contributed by atoms with van der Waals surface area (Å²) in [4.78, 5) is 11.2. The molecule has 2 aromatic rings. The average molecular weight is 326 g/mol. The maximum absolute atomic E-state index is 11.2. The van der Waals surface area contributed by atoms with Crippen molar-refractivity contribution < 1.29 is 19.2 Å². The Balaban J connectivity index is 2.26. The Morgan fingerprint density at radius 2 is 2.16 bits per heavy atom. The summed E-state index contributed by atoms with van der Waals surface area (Å²) in [5, 5.41) is 13.0. The number of ether oxygens (including phenoxy) is 1. The summed E-state index contributed by atoms with van der Waals surface area (Å²) < 4.78 is 11.2. The van der Waals surface area contributed by atoms with Crippen molar-refractivity contribution in [1.29, 1.82) is 0 Å². The molecule has 0 atom stereocenters. The van der Waals surface area contributed by atoms with Crippen LogP contribution >= 0.6 is 15.9 Å². The molecule has 0 fully saturated rings. The first-order chi connectivity index (χ1) is 8.97. The molecular formula is C13H12BrNO4. The second-order valence-electron chi connectivity index (χ2n) is 4.12. The molecule has 0 aliphatic rings. The largest absolute Gasteiger partial charge is 0.486 e. The molecule has 0 saturated carbocycles. The first kappa shape index (κ1) is 13.6. The van der Waals surface area contributed by atoms with Crippen molar-refractivity contribution in [1.82, 2.24) is 5.16 Å². The summed E-state index contributed by atoms with van der Waals surface area (Å²) >= 11 is 3.27. The fourth-order valence-electron chi connectivity index (χ4n) is 1.71. The number of aryl methyl sites for hydroxylation is 2. The smallest absolute Gasteiger partial charge is 0.339 e. The van der Waals surface area contributed by atoms with Crippen LogP contribution in [0.15, 0.2) is 27.2 Å². The van der Waals surface area contributed by atoms with Gasteiger partial charge in [-0.2, -0.15) is 0 Å². The molecule has 100 valence electrons. The minimum atomic E-state index is -1.03. The predicted molar refractivity (Wildman–Crippen MR) is 71.4 cm³/mol. The Kier molecular flexibility index (Phi) is 3.90. The zero-order valence-electron chi connectivity index (χ0n) is 10.4. The van der Waals surface area contributed by atoms with E-state index in [9.17, 15) is 9.90 Å². The molecule has 0 saturated heterocycles. The molecule has 1 heterocycles. The van der Waals surface area contributed by atoms with E-state index in [-0.39, 0.29) is 12.2 Å². The highest BCUT2D eigenvalue weighted by Gasteiger charge is 2.16. The van der Waals surface area contributed by atoms with Crippen LogP contribution in [0, 0.1) is 13.8 Å². The molecule has 6 heteroatoms. The molecule has 0 aliphatic carbocycles. The highest BCUT2D eigenvalue weighted by Crippen LogP contribution is 2.28. The molecule has 0 amide bonds. The lowest BCUT2D eigenvalue weighted by Gasteiger charge is -2.11. The van der Waals surface area contributed by atoms with E-state index in [4.69, 9.17) is 9.26 Å². The predicted octanol–water partition coefficient (Wildman–Crippen LogP) is 3.33. The van der Waals surface area contributed by atoms with Crippen molar-refractivity contribution in [3.63, 3.8) is 0 Å². The number of aromatic nitrogens is 1. The molecule has 1 aromatic heterocycles. The lowest BCUT2D eigenvalue weighted by molar-refractivity contribution is 0.0691. The number of hydrogen-bond donors (Lipinski definition) is 1. The van der Waals surface area contributed by atoms with E-state index in [0.29, 0.717) is 21.7 Å². The van der Waals surface area contributed by atoms with Gasteiger partial charge in [0.2, 0.25) is 0 Å². The third-order valence-electron chi connectivity index (χ3n) is 2.51. The van der Waals surface area contributed by atoms with Gasteiger partial charge < -0.3 is 14.4 Å². The van der Waals surface area contributed by atoms with Crippen molar-refractivity contribution >= 4 is 21.9 Å². The number of halogens is 1. The first-order valence-electron chi connectivity index (χ1n) is 5.56. The second-order valence-corrected chi connectivity index (χ2v) is 5.04. The van der Waals surface area contributed by atoms with Gasteiger partial charge in [0.25, 0.3) is 0 Å². The average Bonchev–Trinajstić information content (AvgIpc) is 2.73. The van der Waals surface area contributed by atoms with Gasteiger partial charge in [-0.3, -0.25) is 0 Å². The third kappa shape index (κ3) is 3.14. The topological polar surface area (TPSA) is 72.6 Å². The van der Waals surface area contributed by atoms with Crippen LogP contribution in [-0.4, -0.2) is 16.2 Å². The molecule has 0 aliphatic heterocycles. The van der Waals surface area contributed by atoms with Crippen molar-refractivity contribution in [2.24, 2.45) is 0 Å². The van der Waals surface area contributed by atoms with Crippen LogP contribution in [-0.2, 0) is 6.61 Å². The molecule has 1 aromatic carbocycles. The van der Waals surface area contributed by atoms with Crippen molar-refractivity contribution in [2.45, 2.75) is 20.5 Å². The van der Waals surface area contributed by atoms with Crippen LogP contribution in [0.2, 0.25) is 0 Å². The number of benzene rings is 1. The molecule has 5 nitrogen and oxygen atoms in total. The van der Waals surface area contributed by atoms with Crippen LogP contribution in [0.1, 0.15) is 27.4 Å². The molecule has 19 heavy (non-hydrogen) atoms. The van der Waals surface area contributed by atoms with Crippen LogP contribution < -0.4 is 4.74 Å². The number of hydrogen-bond acceptors (Lipinski definition) is 4. The van der Waals surface area contributed by atoms with E-state index in [2.05, 4.69) is 21.1 Å². The highest BCUT2D eigenvalue weighted by molar-refractivity contribution is 9.10. The number of carboxylic acid groups (broad SMARTS) is 1. The molecular weight excluding hydrogens is 314 g/mol. The van der Waals surface area contributed by atoms with Gasteiger partial charge in [-0.05, 0) is 31.5 Å². The molecule has 1 N–H and O–H groups in total. The molecule has 2 rings (SSSR count). The van der Waals surface area contributed by atoms with E-state index < -0.39 is 5.97 Å². The zero-order valence-corrected chi connectivity index (χ0v) is 12.0. The fraction of sp³-hybridized carbons (Fsp3) is 0.231. The summed E-state index contributed by atoms with van der Waals surface area (Å²) in [7, 11) is 0. The summed E-state index contributed by atoms with van der Waals surface area (Å²) in [6, 6.07) is 5.06. The summed E-state index contributed by atoms with van der Waals surface area (Å²) in [6.45, 7) is 3.74. The van der Waals surface area contributed by atoms with E-state index in [1.165, 1.54) is 6.07 Å². The number of aromatic carboxylic acids is 1. The Hall–Kier alpha value is -1.82. The molecule has 0 bridgehead atoms. The Labute approximate surface area is 118 Å². The van der Waals surface area contributed by atoms with Crippen molar-refractivity contribution in [2.75, 3.05) is 0 Å². The quantitative estimate of drug-likeness (QED) is 0.933. The minimum absolute atomic E-state index is 0.118. The SMILES string of the molecule is Cc1cc(COc2c(C)cc(Br)cc2C(=O)O)no1. The van der Waals surface area contributed by atoms with E-state index in [1.54, 1.807) is 26.0 Å². The Bertz CT molecular complexity index is 621. The maximum Gasteiger partial charge on any atom is 0.339 e. The summed E-state index contributed by atoms with van der Waals surface area (Å²) in [5.74, 6) is -0.00308. The second kappa shape index (κ2) is 5.44. The van der Waals surface area contributed by atoms with Gasteiger partial charge in [-0.1, -0.05) is 21.1 Å². The fourth-order valence-corrected chi connectivity index (χ4v) is 2.28. The van der Waals surface area contributed by atoms with Gasteiger partial charge in [-0.15, -0.1) is 0 Å². The highest BCUT2D eigenvalue weighted by atomic mass is 79.9. The zero-order chi connectivity index (χ0) is 14.0. The van der Waals surface area contributed by atoms with E-state index in [1.807, 2.05) is 0 Å². The number of nitrogens with zero attached hydrogens (tertiary/aromatic N) is 1. The van der Waals surface area contributed by atoms with Crippen LogP contribution in [0.25, 0.3) is 0 Å². The lowest BCUT2D eigenvalue weighted by Crippen LogP contribution is -2.05. The molecule has 0 unspecified atom stereocenters. The monoisotopic (exact) mass is 325 g/mol. The van der Waals surface area contributed by atoms with Crippen LogP contribution in [0.4, 0.5) is 0 Å². The Morgan fingerprint density at radius 3 is 2.74 bits per heavy atom. The number of carboxylic acids is 1. The van der Waals surface area contributed by atoms with Gasteiger partial charge in [-0.25, -0.2) is 4.79 Å². The van der Waals surface area contributed by atoms with Crippen LogP contribution in [0.3, 0.4) is 0 Å². The van der Waals surface area contributed by atoms with E-state index in [0.717, 1.165) is 5.56 Å². The third-order valence-corrected chi connectivity index (χ3v) is 2.97. The Morgan fingerprint density at radius 1 is 1.42 bits per heavy atom. The van der Waals surface area contributed by atoms with Gasteiger partial charge in [0, 0.05) is 10.5 Å². The minimum Gasteiger partial charge on any atom is -0.486 e. The number of rotatable bonds is 4. The van der Waals surface area contributed by atoms with Gasteiger partial charge in [0.15, 0.2) is 0 Å². The normalized spacial score (nSPS) is 10.5.